The van der Waals surface area contributed by atoms with Crippen molar-refractivity contribution in [1.29, 1.82) is 0 Å². The third-order valence-electron chi connectivity index (χ3n) is 2.96. The van der Waals surface area contributed by atoms with Crippen LogP contribution in [0.2, 0.25) is 0 Å². The molecule has 0 amide bonds. The van der Waals surface area contributed by atoms with Gasteiger partial charge in [-0.25, -0.2) is 0 Å². The van der Waals surface area contributed by atoms with Crippen LogP contribution in [0, 0.1) is 0 Å². The maximum absolute atomic E-state index is 4.02. The van der Waals surface area contributed by atoms with Gasteiger partial charge in [0, 0.05) is 11.4 Å². The van der Waals surface area contributed by atoms with Crippen molar-refractivity contribution in [2.45, 2.75) is 6.92 Å². The van der Waals surface area contributed by atoms with Crippen molar-refractivity contribution in [1.82, 2.24) is 0 Å². The monoisotopic (exact) mass is 261 g/mol. The minimum absolute atomic E-state index is 0.867. The first-order valence-corrected chi connectivity index (χ1v) is 6.70. The number of hydrogen-bond donors (Lipinski definition) is 1. The van der Waals surface area contributed by atoms with Crippen LogP contribution in [0.5, 0.6) is 0 Å². The molecule has 2 aromatic carbocycles. The first-order chi connectivity index (χ1) is 9.79. The van der Waals surface area contributed by atoms with Crippen molar-refractivity contribution < 1.29 is 0 Å². The second-order valence-corrected chi connectivity index (χ2v) is 4.46. The number of para-hydroxylation sites is 1. The number of benzene rings is 2. The number of hydrogen-bond acceptors (Lipinski definition) is 1. The van der Waals surface area contributed by atoms with E-state index in [1.54, 1.807) is 0 Å². The summed E-state index contributed by atoms with van der Waals surface area (Å²) in [5.41, 5.74) is 4.30. The molecule has 0 unspecified atom stereocenters. The zero-order valence-electron chi connectivity index (χ0n) is 11.7. The summed E-state index contributed by atoms with van der Waals surface area (Å²) >= 11 is 0. The molecule has 0 aliphatic carbocycles. The fourth-order valence-electron chi connectivity index (χ4n) is 1.93. The van der Waals surface area contributed by atoms with E-state index in [1.165, 1.54) is 11.1 Å². The van der Waals surface area contributed by atoms with Crippen molar-refractivity contribution in [3.05, 3.63) is 96.7 Å². The number of allylic oxidation sites excluding steroid dienone is 4. The van der Waals surface area contributed by atoms with Gasteiger partial charge in [0.2, 0.25) is 0 Å². The molecule has 1 nitrogen and oxygen atoms in total. The average molecular weight is 261 g/mol. The van der Waals surface area contributed by atoms with Gasteiger partial charge in [0.25, 0.3) is 0 Å². The van der Waals surface area contributed by atoms with E-state index in [1.807, 2.05) is 61.5 Å². The molecule has 0 bridgehead atoms. The van der Waals surface area contributed by atoms with Gasteiger partial charge >= 0.3 is 0 Å². The third-order valence-corrected chi connectivity index (χ3v) is 2.96. The maximum atomic E-state index is 4.02. The third kappa shape index (κ3) is 3.99. The molecule has 100 valence electrons. The average Bonchev–Trinajstić information content (AvgIpc) is 2.50. The van der Waals surface area contributed by atoms with E-state index in [9.17, 15) is 0 Å². The van der Waals surface area contributed by atoms with E-state index >= 15 is 0 Å². The molecule has 0 aliphatic heterocycles. The van der Waals surface area contributed by atoms with Crippen LogP contribution in [-0.2, 0) is 0 Å². The Morgan fingerprint density at radius 2 is 1.50 bits per heavy atom. The SMILES string of the molecule is C=C(/C=C\C(=C/C)c1ccccc1)Nc1ccccc1. The van der Waals surface area contributed by atoms with Crippen LogP contribution in [0.25, 0.3) is 5.57 Å². The fraction of sp³-hybridized carbons (Fsp3) is 0.0526. The molecule has 0 saturated carbocycles. The Bertz CT molecular complexity index is 607. The minimum atomic E-state index is 0.867. The standard InChI is InChI=1S/C19H19N/c1-3-17(18-10-6-4-7-11-18)15-14-16(2)20-19-12-8-5-9-13-19/h3-15,20H,2H2,1H3/b15-14-,17-3+. The van der Waals surface area contributed by atoms with Crippen LogP contribution in [-0.4, -0.2) is 0 Å². The van der Waals surface area contributed by atoms with Crippen molar-refractivity contribution in [2.75, 3.05) is 5.32 Å². The Morgan fingerprint density at radius 1 is 0.900 bits per heavy atom. The highest BCUT2D eigenvalue weighted by Crippen LogP contribution is 2.16. The number of rotatable bonds is 5. The Kier molecular flexibility index (Phi) is 4.96. The van der Waals surface area contributed by atoms with Crippen molar-refractivity contribution in [3.8, 4) is 0 Å². The Morgan fingerprint density at radius 3 is 2.10 bits per heavy atom. The Labute approximate surface area is 121 Å². The molecule has 0 atom stereocenters. The largest absolute Gasteiger partial charge is 0.356 e. The van der Waals surface area contributed by atoms with Crippen molar-refractivity contribution >= 4 is 11.3 Å². The molecule has 0 aromatic heterocycles. The summed E-state index contributed by atoms with van der Waals surface area (Å²) in [5, 5.41) is 3.26. The quantitative estimate of drug-likeness (QED) is 0.723. The lowest BCUT2D eigenvalue weighted by molar-refractivity contribution is 1.49. The fourth-order valence-corrected chi connectivity index (χ4v) is 1.93. The number of nitrogens with one attached hydrogen (secondary N) is 1. The van der Waals surface area contributed by atoms with Crippen LogP contribution in [0.4, 0.5) is 5.69 Å². The molecular weight excluding hydrogens is 242 g/mol. The molecule has 1 heteroatoms. The number of anilines is 1. The smallest absolute Gasteiger partial charge is 0.0384 e. The van der Waals surface area contributed by atoms with Crippen LogP contribution in [0.15, 0.2) is 91.2 Å². The summed E-state index contributed by atoms with van der Waals surface area (Å²) in [7, 11) is 0. The van der Waals surface area contributed by atoms with E-state index in [0.29, 0.717) is 0 Å². The lowest BCUT2D eigenvalue weighted by atomic mass is 10.1. The van der Waals surface area contributed by atoms with Crippen LogP contribution >= 0.6 is 0 Å². The van der Waals surface area contributed by atoms with E-state index in [4.69, 9.17) is 0 Å². The molecule has 1 N–H and O–H groups in total. The van der Waals surface area contributed by atoms with E-state index < -0.39 is 0 Å². The van der Waals surface area contributed by atoms with Gasteiger partial charge in [0.15, 0.2) is 0 Å². The zero-order chi connectivity index (χ0) is 14.2. The van der Waals surface area contributed by atoms with Crippen molar-refractivity contribution in [3.63, 3.8) is 0 Å². The molecule has 0 aliphatic rings. The van der Waals surface area contributed by atoms with E-state index in [-0.39, 0.29) is 0 Å². The summed E-state index contributed by atoms with van der Waals surface area (Å²) in [5.74, 6) is 0. The lowest BCUT2D eigenvalue weighted by Gasteiger charge is -2.06. The van der Waals surface area contributed by atoms with Crippen molar-refractivity contribution in [2.24, 2.45) is 0 Å². The van der Waals surface area contributed by atoms with E-state index in [2.05, 4.69) is 36.2 Å². The molecule has 0 saturated heterocycles. The van der Waals surface area contributed by atoms with Gasteiger partial charge in [0.05, 0.1) is 0 Å². The van der Waals surface area contributed by atoms with Gasteiger partial charge in [-0.3, -0.25) is 0 Å². The highest BCUT2D eigenvalue weighted by atomic mass is 14.9. The Balaban J connectivity index is 2.03. The predicted molar refractivity (Wildman–Crippen MR) is 88.4 cm³/mol. The van der Waals surface area contributed by atoms with Gasteiger partial charge in [-0.05, 0) is 36.3 Å². The van der Waals surface area contributed by atoms with Gasteiger partial charge in [-0.1, -0.05) is 67.3 Å². The van der Waals surface area contributed by atoms with Crippen LogP contribution in [0.1, 0.15) is 12.5 Å². The summed E-state index contributed by atoms with van der Waals surface area (Å²) in [6.45, 7) is 6.07. The minimum Gasteiger partial charge on any atom is -0.356 e. The molecule has 2 aromatic rings. The normalized spacial score (nSPS) is 11.6. The highest BCUT2D eigenvalue weighted by molar-refractivity contribution is 5.74. The Hall–Kier alpha value is -2.54. The maximum Gasteiger partial charge on any atom is 0.0384 e. The topological polar surface area (TPSA) is 12.0 Å². The highest BCUT2D eigenvalue weighted by Gasteiger charge is 1.96. The second kappa shape index (κ2) is 7.15. The molecule has 2 rings (SSSR count). The van der Waals surface area contributed by atoms with Crippen LogP contribution in [0.3, 0.4) is 0 Å². The van der Waals surface area contributed by atoms with Gasteiger partial charge in [-0.2, -0.15) is 0 Å². The summed E-state index contributed by atoms with van der Waals surface area (Å²) in [4.78, 5) is 0. The molecule has 0 spiro atoms. The molecule has 20 heavy (non-hydrogen) atoms. The first-order valence-electron chi connectivity index (χ1n) is 6.70. The second-order valence-electron chi connectivity index (χ2n) is 4.46. The summed E-state index contributed by atoms with van der Waals surface area (Å²) in [6, 6.07) is 20.4. The molecule has 0 fully saturated rings. The molecule has 0 radical (unpaired) electrons. The lowest BCUT2D eigenvalue weighted by Crippen LogP contribution is -1.94. The van der Waals surface area contributed by atoms with Crippen LogP contribution < -0.4 is 5.32 Å². The van der Waals surface area contributed by atoms with Gasteiger partial charge < -0.3 is 5.32 Å². The molecule has 0 heterocycles. The zero-order valence-corrected chi connectivity index (χ0v) is 11.7. The van der Waals surface area contributed by atoms with E-state index in [0.717, 1.165) is 11.4 Å². The first kappa shape index (κ1) is 13.9. The van der Waals surface area contributed by atoms with Gasteiger partial charge in [0.1, 0.15) is 0 Å². The summed E-state index contributed by atoms with van der Waals surface area (Å²) in [6.07, 6.45) is 6.17. The molecular formula is C19H19N. The predicted octanol–water partition coefficient (Wildman–Crippen LogP) is 5.27. The summed E-state index contributed by atoms with van der Waals surface area (Å²) < 4.78 is 0. The van der Waals surface area contributed by atoms with Gasteiger partial charge in [-0.15, -0.1) is 0 Å².